The van der Waals surface area contributed by atoms with Crippen LogP contribution in [0.2, 0.25) is 0 Å². The Balaban J connectivity index is 1.60. The smallest absolute Gasteiger partial charge is 0.0689 e. The summed E-state index contributed by atoms with van der Waals surface area (Å²) >= 11 is 3.66. The molecule has 0 saturated carbocycles. The summed E-state index contributed by atoms with van der Waals surface area (Å²) in [5.74, 6) is 1.38. The second kappa shape index (κ2) is 6.88. The molecule has 3 rings (SSSR count). The van der Waals surface area contributed by atoms with Gasteiger partial charge in [-0.1, -0.05) is 30.4 Å². The van der Waals surface area contributed by atoms with Crippen LogP contribution < -0.4 is 5.32 Å². The van der Waals surface area contributed by atoms with Gasteiger partial charge in [0.1, 0.15) is 0 Å². The topological polar surface area (TPSA) is 35.9 Å². The van der Waals surface area contributed by atoms with Crippen molar-refractivity contribution in [3.63, 3.8) is 0 Å². The zero-order valence-electron chi connectivity index (χ0n) is 12.9. The van der Waals surface area contributed by atoms with Crippen LogP contribution in [0, 0.1) is 11.3 Å². The van der Waals surface area contributed by atoms with Crippen LogP contribution >= 0.6 is 23.1 Å². The zero-order chi connectivity index (χ0) is 15.5. The molecule has 2 N–H and O–H groups in total. The van der Waals surface area contributed by atoms with Gasteiger partial charge in [-0.25, -0.2) is 0 Å². The first-order valence-electron chi connectivity index (χ1n) is 7.72. The molecule has 1 aromatic rings. The van der Waals surface area contributed by atoms with E-state index in [1.165, 1.54) is 9.78 Å². The van der Waals surface area contributed by atoms with Crippen molar-refractivity contribution in [3.05, 3.63) is 53.1 Å². The van der Waals surface area contributed by atoms with E-state index in [0.717, 1.165) is 42.0 Å². The second-order valence-electron chi connectivity index (χ2n) is 5.97. The number of thiophene rings is 1. The van der Waals surface area contributed by atoms with Crippen molar-refractivity contribution in [2.45, 2.75) is 36.4 Å². The Morgan fingerprint density at radius 3 is 3.14 bits per heavy atom. The predicted molar refractivity (Wildman–Crippen MR) is 98.2 cm³/mol. The molecular weight excluding hydrogens is 308 g/mol. The average molecular weight is 331 g/mol. The molecule has 2 heterocycles. The fourth-order valence-electron chi connectivity index (χ4n) is 2.92. The highest BCUT2D eigenvalue weighted by Crippen LogP contribution is 2.36. The van der Waals surface area contributed by atoms with Crippen molar-refractivity contribution in [1.82, 2.24) is 5.32 Å². The maximum atomic E-state index is 8.52. The number of nitrogens with one attached hydrogen (secondary N) is 2. The van der Waals surface area contributed by atoms with Crippen molar-refractivity contribution in [1.29, 1.82) is 5.41 Å². The van der Waals surface area contributed by atoms with Crippen LogP contribution in [0.3, 0.4) is 0 Å². The molecule has 4 heteroatoms. The number of rotatable bonds is 4. The predicted octanol–water partition coefficient (Wildman–Crippen LogP) is 5.00. The van der Waals surface area contributed by atoms with E-state index in [0.29, 0.717) is 6.04 Å². The molecule has 1 aliphatic carbocycles. The minimum Gasteiger partial charge on any atom is -0.382 e. The van der Waals surface area contributed by atoms with E-state index < -0.39 is 0 Å². The van der Waals surface area contributed by atoms with Crippen molar-refractivity contribution < 1.29 is 0 Å². The van der Waals surface area contributed by atoms with Gasteiger partial charge in [-0.2, -0.15) is 0 Å². The molecule has 2 atom stereocenters. The Hall–Kier alpha value is -1.26. The van der Waals surface area contributed by atoms with E-state index in [1.54, 1.807) is 11.3 Å². The number of allylic oxidation sites excluding steroid dienone is 3. The fourth-order valence-corrected chi connectivity index (χ4v) is 5.16. The van der Waals surface area contributed by atoms with Gasteiger partial charge >= 0.3 is 0 Å². The number of hydrogen-bond acceptors (Lipinski definition) is 4. The lowest BCUT2D eigenvalue weighted by molar-refractivity contribution is 0.587. The first-order valence-corrected chi connectivity index (χ1v) is 9.58. The van der Waals surface area contributed by atoms with Gasteiger partial charge in [0.05, 0.1) is 4.21 Å². The van der Waals surface area contributed by atoms with Gasteiger partial charge in [-0.3, -0.25) is 0 Å². The van der Waals surface area contributed by atoms with E-state index in [-0.39, 0.29) is 5.92 Å². The van der Waals surface area contributed by atoms with Gasteiger partial charge in [0.2, 0.25) is 0 Å². The summed E-state index contributed by atoms with van der Waals surface area (Å²) in [6.07, 6.45) is 9.58. The van der Waals surface area contributed by atoms with Crippen molar-refractivity contribution in [2.75, 3.05) is 5.75 Å². The van der Waals surface area contributed by atoms with Crippen LogP contribution in [0.1, 0.15) is 31.7 Å². The average Bonchev–Trinajstić information content (AvgIpc) is 2.91. The minimum absolute atomic E-state index is 0.285. The van der Waals surface area contributed by atoms with E-state index in [4.69, 9.17) is 5.41 Å². The molecule has 0 saturated heterocycles. The standard InChI is InChI=1S/C18H22N2S2/c1-12-3-5-15(6-4-12)20-13(2)11-14-7-9-21-18-16(17(14)19)8-10-22-18/h3-5,8,10,14-15,19-20H,2,6-7,9,11H2,1H3. The third-order valence-electron chi connectivity index (χ3n) is 4.20. The van der Waals surface area contributed by atoms with Gasteiger partial charge in [-0.15, -0.1) is 23.1 Å². The van der Waals surface area contributed by atoms with Crippen LogP contribution in [0.25, 0.3) is 0 Å². The highest BCUT2D eigenvalue weighted by molar-refractivity contribution is 8.01. The highest BCUT2D eigenvalue weighted by atomic mass is 32.2. The molecule has 0 amide bonds. The van der Waals surface area contributed by atoms with Crippen LogP contribution in [0.15, 0.2) is 51.7 Å². The fraction of sp³-hybridized carbons (Fsp3) is 0.389. The van der Waals surface area contributed by atoms with Crippen molar-refractivity contribution in [2.24, 2.45) is 5.92 Å². The summed E-state index contributed by atoms with van der Waals surface area (Å²) in [5, 5.41) is 14.1. The van der Waals surface area contributed by atoms with Crippen LogP contribution in [-0.2, 0) is 0 Å². The minimum atomic E-state index is 0.285. The number of hydrogen-bond donors (Lipinski definition) is 2. The molecule has 0 bridgehead atoms. The summed E-state index contributed by atoms with van der Waals surface area (Å²) in [5.41, 5.74) is 4.32. The molecule has 2 aliphatic rings. The molecule has 0 fully saturated rings. The van der Waals surface area contributed by atoms with Crippen LogP contribution in [0.4, 0.5) is 0 Å². The Morgan fingerprint density at radius 2 is 2.36 bits per heavy atom. The summed E-state index contributed by atoms with van der Waals surface area (Å²) < 4.78 is 1.31. The van der Waals surface area contributed by atoms with E-state index in [9.17, 15) is 0 Å². The number of thioether (sulfide) groups is 1. The zero-order valence-corrected chi connectivity index (χ0v) is 14.5. The third kappa shape index (κ3) is 3.55. The lowest BCUT2D eigenvalue weighted by Gasteiger charge is -2.23. The largest absolute Gasteiger partial charge is 0.382 e. The quantitative estimate of drug-likeness (QED) is 0.815. The summed E-state index contributed by atoms with van der Waals surface area (Å²) in [6, 6.07) is 2.45. The second-order valence-corrected chi connectivity index (χ2v) is 8.25. The maximum absolute atomic E-state index is 8.52. The first kappa shape index (κ1) is 15.6. The summed E-state index contributed by atoms with van der Waals surface area (Å²) in [4.78, 5) is 0. The Morgan fingerprint density at radius 1 is 1.50 bits per heavy atom. The molecule has 22 heavy (non-hydrogen) atoms. The molecule has 0 radical (unpaired) electrons. The van der Waals surface area contributed by atoms with E-state index >= 15 is 0 Å². The monoisotopic (exact) mass is 330 g/mol. The highest BCUT2D eigenvalue weighted by Gasteiger charge is 2.24. The SMILES string of the molecule is C=C(CC1CCSc2sccc2C1=N)NC1C=CC(C)=CC1. The third-order valence-corrected chi connectivity index (χ3v) is 6.47. The normalized spacial score (nSPS) is 24.4. The van der Waals surface area contributed by atoms with Gasteiger partial charge < -0.3 is 10.7 Å². The molecule has 2 nitrogen and oxygen atoms in total. The molecule has 0 aromatic carbocycles. The lowest BCUT2D eigenvalue weighted by Crippen LogP contribution is -2.29. The Bertz CT molecular complexity index is 639. The Kier molecular flexibility index (Phi) is 4.89. The Labute approximate surface area is 140 Å². The van der Waals surface area contributed by atoms with Crippen molar-refractivity contribution in [3.8, 4) is 0 Å². The lowest BCUT2D eigenvalue weighted by atomic mass is 9.91. The molecule has 0 spiro atoms. The van der Waals surface area contributed by atoms with Crippen LogP contribution in [0.5, 0.6) is 0 Å². The first-order chi connectivity index (χ1) is 10.6. The van der Waals surface area contributed by atoms with Crippen LogP contribution in [-0.4, -0.2) is 17.5 Å². The van der Waals surface area contributed by atoms with Gasteiger partial charge in [0.15, 0.2) is 0 Å². The van der Waals surface area contributed by atoms with E-state index in [1.807, 2.05) is 11.8 Å². The molecule has 2 unspecified atom stereocenters. The number of fused-ring (bicyclic) bond motifs is 1. The molecule has 1 aliphatic heterocycles. The summed E-state index contributed by atoms with van der Waals surface area (Å²) in [6.45, 7) is 6.33. The van der Waals surface area contributed by atoms with Gasteiger partial charge in [0, 0.05) is 28.9 Å². The van der Waals surface area contributed by atoms with Crippen molar-refractivity contribution >= 4 is 28.8 Å². The van der Waals surface area contributed by atoms with E-state index in [2.05, 4.69) is 48.5 Å². The molecule has 116 valence electrons. The molecular formula is C18H22N2S2. The van der Waals surface area contributed by atoms with Gasteiger partial charge in [-0.05, 0) is 43.4 Å². The van der Waals surface area contributed by atoms with Gasteiger partial charge in [0.25, 0.3) is 0 Å². The maximum Gasteiger partial charge on any atom is 0.0689 e. The molecule has 1 aromatic heterocycles. The summed E-state index contributed by atoms with van der Waals surface area (Å²) in [7, 11) is 0.